The lowest BCUT2D eigenvalue weighted by atomic mass is 9.92. The van der Waals surface area contributed by atoms with Crippen LogP contribution < -0.4 is 0 Å². The second kappa shape index (κ2) is 10.9. The summed E-state index contributed by atoms with van der Waals surface area (Å²) < 4.78 is 2.28. The number of fused-ring (bicyclic) bond motifs is 1. The summed E-state index contributed by atoms with van der Waals surface area (Å²) in [5, 5.41) is 2.29. The molecule has 3 aromatic carbocycles. The molecule has 0 fully saturated rings. The summed E-state index contributed by atoms with van der Waals surface area (Å²) in [4.78, 5) is 14.5. The fourth-order valence-corrected chi connectivity index (χ4v) is 5.56. The monoisotopic (exact) mass is 522 g/mol. The molecule has 3 heterocycles. The maximum Gasteiger partial charge on any atom is 0.144 e. The van der Waals surface area contributed by atoms with Crippen molar-refractivity contribution in [3.05, 3.63) is 132 Å². The second-order valence-electron chi connectivity index (χ2n) is 11.0. The van der Waals surface area contributed by atoms with Gasteiger partial charge in [-0.2, -0.15) is 0 Å². The Balaban J connectivity index is 1.41. The first-order valence-corrected chi connectivity index (χ1v) is 14.1. The largest absolute Gasteiger partial charge is 0.299 e. The van der Waals surface area contributed by atoms with Gasteiger partial charge in [-0.3, -0.25) is 14.5 Å². The zero-order valence-corrected chi connectivity index (χ0v) is 23.5. The van der Waals surface area contributed by atoms with Crippen LogP contribution in [0.4, 0.5) is 0 Å². The van der Waals surface area contributed by atoms with Gasteiger partial charge in [-0.15, -0.1) is 0 Å². The molecule has 4 nitrogen and oxygen atoms in total. The van der Waals surface area contributed by atoms with Gasteiger partial charge in [0.1, 0.15) is 5.82 Å². The maximum absolute atomic E-state index is 5.10. The summed E-state index contributed by atoms with van der Waals surface area (Å²) in [6.45, 7) is 9.04. The number of para-hydroxylation sites is 1. The zero-order valence-electron chi connectivity index (χ0n) is 23.5. The van der Waals surface area contributed by atoms with Crippen LogP contribution in [0.25, 0.3) is 39.2 Å². The van der Waals surface area contributed by atoms with Crippen molar-refractivity contribution in [1.82, 2.24) is 19.5 Å². The van der Waals surface area contributed by atoms with E-state index in [1.165, 1.54) is 27.8 Å². The van der Waals surface area contributed by atoms with Crippen LogP contribution in [0.5, 0.6) is 0 Å². The third-order valence-electron chi connectivity index (χ3n) is 7.50. The van der Waals surface area contributed by atoms with Crippen LogP contribution in [0.15, 0.2) is 110 Å². The molecule has 6 aromatic rings. The number of aromatic nitrogens is 4. The van der Waals surface area contributed by atoms with E-state index in [1.807, 2.05) is 30.6 Å². The molecule has 198 valence electrons. The van der Waals surface area contributed by atoms with Crippen LogP contribution in [-0.4, -0.2) is 19.5 Å². The predicted molar refractivity (Wildman–Crippen MR) is 165 cm³/mol. The maximum atomic E-state index is 5.10. The minimum atomic E-state index is 0.405. The summed E-state index contributed by atoms with van der Waals surface area (Å²) in [5.74, 6) is 1.77. The van der Waals surface area contributed by atoms with Gasteiger partial charge in [-0.25, -0.2) is 4.98 Å². The lowest BCUT2D eigenvalue weighted by Crippen LogP contribution is -2.08. The zero-order chi connectivity index (χ0) is 27.6. The molecular formula is C36H34N4. The Morgan fingerprint density at radius 2 is 1.45 bits per heavy atom. The van der Waals surface area contributed by atoms with Gasteiger partial charge in [-0.1, -0.05) is 94.4 Å². The van der Waals surface area contributed by atoms with Gasteiger partial charge < -0.3 is 0 Å². The van der Waals surface area contributed by atoms with Gasteiger partial charge in [-0.05, 0) is 58.2 Å². The van der Waals surface area contributed by atoms with Crippen molar-refractivity contribution in [1.29, 1.82) is 0 Å². The lowest BCUT2D eigenvalue weighted by molar-refractivity contribution is 0.806. The number of hydrogen-bond acceptors (Lipinski definition) is 3. The highest BCUT2D eigenvalue weighted by atomic mass is 15.1. The number of imidazole rings is 1. The molecule has 4 heteroatoms. The minimum absolute atomic E-state index is 0.405. The molecule has 0 amide bonds. The van der Waals surface area contributed by atoms with E-state index < -0.39 is 0 Å². The van der Waals surface area contributed by atoms with Crippen molar-refractivity contribution < 1.29 is 0 Å². The number of pyridine rings is 2. The third kappa shape index (κ3) is 4.93. The molecule has 0 aliphatic carbocycles. The molecule has 0 saturated heterocycles. The van der Waals surface area contributed by atoms with Gasteiger partial charge in [0.2, 0.25) is 0 Å². The SMILES string of the molecule is CC(C)c1cccc(C(C)C)c1-n1ccnc1-c1cccc(Cc2cc3ccccc3c(-c3ccccn3)n2)c1. The highest BCUT2D eigenvalue weighted by molar-refractivity contribution is 5.94. The molecule has 0 bridgehead atoms. The second-order valence-corrected chi connectivity index (χ2v) is 11.0. The van der Waals surface area contributed by atoms with Crippen molar-refractivity contribution in [3.8, 4) is 28.5 Å². The first-order valence-electron chi connectivity index (χ1n) is 14.1. The topological polar surface area (TPSA) is 43.6 Å². The predicted octanol–water partition coefficient (Wildman–Crippen LogP) is 8.99. The number of rotatable bonds is 7. The van der Waals surface area contributed by atoms with Crippen LogP contribution >= 0.6 is 0 Å². The average molecular weight is 523 g/mol. The van der Waals surface area contributed by atoms with Gasteiger partial charge in [0, 0.05) is 41.7 Å². The Hall–Kier alpha value is -4.57. The molecule has 6 rings (SSSR count). The Morgan fingerprint density at radius 3 is 2.20 bits per heavy atom. The number of benzene rings is 3. The molecule has 0 unspecified atom stereocenters. The van der Waals surface area contributed by atoms with E-state index >= 15 is 0 Å². The molecular weight excluding hydrogens is 488 g/mol. The van der Waals surface area contributed by atoms with E-state index in [-0.39, 0.29) is 0 Å². The van der Waals surface area contributed by atoms with E-state index in [1.54, 1.807) is 0 Å². The number of hydrogen-bond donors (Lipinski definition) is 0. The Morgan fingerprint density at radius 1 is 0.700 bits per heavy atom. The molecule has 0 atom stereocenters. The Kier molecular flexibility index (Phi) is 7.00. The van der Waals surface area contributed by atoms with Crippen LogP contribution in [0.3, 0.4) is 0 Å². The van der Waals surface area contributed by atoms with E-state index in [0.717, 1.165) is 40.3 Å². The first-order chi connectivity index (χ1) is 19.5. The van der Waals surface area contributed by atoms with Crippen molar-refractivity contribution in [2.75, 3.05) is 0 Å². The summed E-state index contributed by atoms with van der Waals surface area (Å²) in [6, 6.07) is 32.0. The van der Waals surface area contributed by atoms with Crippen LogP contribution in [0, 0.1) is 0 Å². The molecule has 0 saturated carbocycles. The Bertz CT molecular complexity index is 1750. The van der Waals surface area contributed by atoms with E-state index in [4.69, 9.17) is 9.97 Å². The molecule has 0 aliphatic rings. The molecule has 0 aliphatic heterocycles. The van der Waals surface area contributed by atoms with Crippen LogP contribution in [0.2, 0.25) is 0 Å². The summed E-state index contributed by atoms with van der Waals surface area (Å²) >= 11 is 0. The van der Waals surface area contributed by atoms with Crippen molar-refractivity contribution in [2.24, 2.45) is 0 Å². The summed E-state index contributed by atoms with van der Waals surface area (Å²) in [7, 11) is 0. The van der Waals surface area contributed by atoms with Gasteiger partial charge in [0.15, 0.2) is 0 Å². The smallest absolute Gasteiger partial charge is 0.144 e. The van der Waals surface area contributed by atoms with Gasteiger partial charge >= 0.3 is 0 Å². The lowest BCUT2D eigenvalue weighted by Gasteiger charge is -2.22. The standard InChI is InChI=1S/C36H34N4/c1-24(2)30-15-10-16-31(25(3)4)35(30)40-20-19-38-36(40)28-13-9-11-26(21-28)22-29-23-27-12-5-6-14-32(27)34(39-29)33-17-7-8-18-37-33/h5-21,23-25H,22H2,1-4H3. The quantitative estimate of drug-likeness (QED) is 0.210. The molecule has 40 heavy (non-hydrogen) atoms. The fraction of sp³-hybridized carbons (Fsp3) is 0.194. The third-order valence-corrected chi connectivity index (χ3v) is 7.50. The Labute approximate surface area is 236 Å². The molecule has 3 aromatic heterocycles. The summed E-state index contributed by atoms with van der Waals surface area (Å²) in [5.41, 5.74) is 9.05. The van der Waals surface area contributed by atoms with Crippen molar-refractivity contribution >= 4 is 10.8 Å². The van der Waals surface area contributed by atoms with Crippen LogP contribution in [0.1, 0.15) is 61.9 Å². The molecule has 0 spiro atoms. The normalized spacial score (nSPS) is 11.6. The molecule has 0 radical (unpaired) electrons. The molecule has 0 N–H and O–H groups in total. The minimum Gasteiger partial charge on any atom is -0.299 e. The fourth-order valence-electron chi connectivity index (χ4n) is 5.56. The number of nitrogens with zero attached hydrogens (tertiary/aromatic N) is 4. The first kappa shape index (κ1) is 25.7. The van der Waals surface area contributed by atoms with E-state index in [9.17, 15) is 0 Å². The van der Waals surface area contributed by atoms with Gasteiger partial charge in [0.25, 0.3) is 0 Å². The summed E-state index contributed by atoms with van der Waals surface area (Å²) in [6.07, 6.45) is 6.55. The highest BCUT2D eigenvalue weighted by Crippen LogP contribution is 2.34. The van der Waals surface area contributed by atoms with E-state index in [2.05, 4.69) is 116 Å². The average Bonchev–Trinajstić information content (AvgIpc) is 3.47. The van der Waals surface area contributed by atoms with Crippen molar-refractivity contribution in [2.45, 2.75) is 46.0 Å². The van der Waals surface area contributed by atoms with Crippen molar-refractivity contribution in [3.63, 3.8) is 0 Å². The highest BCUT2D eigenvalue weighted by Gasteiger charge is 2.19. The van der Waals surface area contributed by atoms with Gasteiger partial charge in [0.05, 0.1) is 17.1 Å². The van der Waals surface area contributed by atoms with E-state index in [0.29, 0.717) is 11.8 Å². The van der Waals surface area contributed by atoms with Crippen LogP contribution in [-0.2, 0) is 6.42 Å².